The summed E-state index contributed by atoms with van der Waals surface area (Å²) in [5.74, 6) is 1.27. The van der Waals surface area contributed by atoms with Crippen LogP contribution in [0.1, 0.15) is 53.6 Å². The zero-order chi connectivity index (χ0) is 21.4. The van der Waals surface area contributed by atoms with Gasteiger partial charge in [0.05, 0.1) is 22.9 Å². The van der Waals surface area contributed by atoms with E-state index in [1.165, 1.54) is 40.8 Å². The highest BCUT2D eigenvalue weighted by Crippen LogP contribution is 2.34. The van der Waals surface area contributed by atoms with Gasteiger partial charge < -0.3 is 9.88 Å². The molecule has 0 radical (unpaired) electrons. The standard InChI is InChI=1S/C23H24FN3O2S2/c24-15-9-7-14(8-10-15)17-5-3-11-27(17)20(28)13-30-12-19-25-22(29)21-16-4-1-2-6-18(16)31-23(21)26-19/h7-10,17H,1-6,11-13H2,(H,25,26,29). The fourth-order valence-corrected chi connectivity index (χ4v) is 6.74. The molecule has 0 bridgehead atoms. The van der Waals surface area contributed by atoms with Crippen molar-refractivity contribution in [2.75, 3.05) is 12.3 Å². The molecule has 1 amide bonds. The van der Waals surface area contributed by atoms with Gasteiger partial charge in [-0.25, -0.2) is 9.37 Å². The highest BCUT2D eigenvalue weighted by atomic mass is 32.2. The van der Waals surface area contributed by atoms with E-state index in [2.05, 4.69) is 9.97 Å². The first kappa shape index (κ1) is 20.7. The molecule has 8 heteroatoms. The summed E-state index contributed by atoms with van der Waals surface area (Å²) in [5, 5.41) is 0.767. The van der Waals surface area contributed by atoms with Crippen LogP contribution in [0.25, 0.3) is 10.2 Å². The number of hydrogen-bond acceptors (Lipinski definition) is 5. The lowest BCUT2D eigenvalue weighted by atomic mass is 9.97. The number of aromatic nitrogens is 2. The van der Waals surface area contributed by atoms with Gasteiger partial charge >= 0.3 is 0 Å². The van der Waals surface area contributed by atoms with Crippen molar-refractivity contribution in [3.05, 3.63) is 62.3 Å². The number of likely N-dealkylation sites (tertiary alicyclic amines) is 1. The van der Waals surface area contributed by atoms with Crippen LogP contribution in [0, 0.1) is 5.82 Å². The van der Waals surface area contributed by atoms with Crippen molar-refractivity contribution in [2.24, 2.45) is 0 Å². The number of thioether (sulfide) groups is 1. The number of fused-ring (bicyclic) bond motifs is 3. The molecule has 1 aliphatic carbocycles. The van der Waals surface area contributed by atoms with Crippen LogP contribution in [0.4, 0.5) is 4.39 Å². The lowest BCUT2D eigenvalue weighted by Gasteiger charge is -2.25. The number of halogens is 1. The molecule has 31 heavy (non-hydrogen) atoms. The minimum absolute atomic E-state index is 0.0143. The number of amides is 1. The van der Waals surface area contributed by atoms with Gasteiger partial charge in [0, 0.05) is 11.4 Å². The van der Waals surface area contributed by atoms with Crippen LogP contribution in [-0.2, 0) is 23.4 Å². The van der Waals surface area contributed by atoms with Gasteiger partial charge in [-0.3, -0.25) is 9.59 Å². The average molecular weight is 458 g/mol. The Hall–Kier alpha value is -2.19. The second kappa shape index (κ2) is 8.74. The topological polar surface area (TPSA) is 66.1 Å². The van der Waals surface area contributed by atoms with Gasteiger partial charge in [0.25, 0.3) is 5.56 Å². The summed E-state index contributed by atoms with van der Waals surface area (Å²) in [4.78, 5) is 37.1. The number of nitrogens with one attached hydrogen (secondary N) is 1. The Bertz CT molecular complexity index is 1170. The van der Waals surface area contributed by atoms with Crippen molar-refractivity contribution < 1.29 is 9.18 Å². The number of aromatic amines is 1. The lowest BCUT2D eigenvalue weighted by Crippen LogP contribution is -2.32. The summed E-state index contributed by atoms with van der Waals surface area (Å²) < 4.78 is 13.2. The third-order valence-corrected chi connectivity index (χ3v) is 8.28. The lowest BCUT2D eigenvalue weighted by molar-refractivity contribution is -0.129. The molecule has 2 aromatic heterocycles. The Labute approximate surface area is 188 Å². The highest BCUT2D eigenvalue weighted by Gasteiger charge is 2.29. The first-order chi connectivity index (χ1) is 15.1. The number of rotatable bonds is 5. The molecule has 1 fully saturated rings. The van der Waals surface area contributed by atoms with Gasteiger partial charge in [-0.05, 0) is 61.8 Å². The van der Waals surface area contributed by atoms with Gasteiger partial charge in [-0.1, -0.05) is 12.1 Å². The van der Waals surface area contributed by atoms with E-state index >= 15 is 0 Å². The van der Waals surface area contributed by atoms with E-state index in [-0.39, 0.29) is 23.3 Å². The first-order valence-electron chi connectivity index (χ1n) is 10.8. The van der Waals surface area contributed by atoms with Gasteiger partial charge in [-0.15, -0.1) is 23.1 Å². The van der Waals surface area contributed by atoms with Crippen LogP contribution >= 0.6 is 23.1 Å². The normalized spacial score (nSPS) is 18.5. The van der Waals surface area contributed by atoms with E-state index in [0.29, 0.717) is 17.3 Å². The van der Waals surface area contributed by atoms with Crippen molar-refractivity contribution in [3.63, 3.8) is 0 Å². The van der Waals surface area contributed by atoms with Crippen molar-refractivity contribution in [2.45, 2.75) is 50.3 Å². The summed E-state index contributed by atoms with van der Waals surface area (Å²) in [5.41, 5.74) is 2.12. The predicted octanol–water partition coefficient (Wildman–Crippen LogP) is 4.60. The Kier molecular flexibility index (Phi) is 5.84. The van der Waals surface area contributed by atoms with Gasteiger partial charge in [0.1, 0.15) is 16.5 Å². The maximum atomic E-state index is 13.2. The zero-order valence-electron chi connectivity index (χ0n) is 17.2. The Morgan fingerprint density at radius 3 is 2.87 bits per heavy atom. The molecule has 1 aliphatic heterocycles. The average Bonchev–Trinajstić information content (AvgIpc) is 3.39. The van der Waals surface area contributed by atoms with Crippen LogP contribution in [-0.4, -0.2) is 33.1 Å². The summed E-state index contributed by atoms with van der Waals surface area (Å²) in [7, 11) is 0. The first-order valence-corrected chi connectivity index (χ1v) is 12.7. The van der Waals surface area contributed by atoms with E-state index in [4.69, 9.17) is 0 Å². The van der Waals surface area contributed by atoms with Crippen LogP contribution < -0.4 is 5.56 Å². The number of aryl methyl sites for hydroxylation is 2. The smallest absolute Gasteiger partial charge is 0.259 e. The summed E-state index contributed by atoms with van der Waals surface area (Å²) in [6, 6.07) is 6.45. The number of carbonyl (C=O) groups excluding carboxylic acids is 1. The number of hydrogen-bond donors (Lipinski definition) is 1. The van der Waals surface area contributed by atoms with Crippen LogP contribution in [0.5, 0.6) is 0 Å². The molecular weight excluding hydrogens is 433 g/mol. The zero-order valence-corrected chi connectivity index (χ0v) is 18.8. The van der Waals surface area contributed by atoms with E-state index in [9.17, 15) is 14.0 Å². The van der Waals surface area contributed by atoms with Gasteiger partial charge in [0.15, 0.2) is 0 Å². The minimum atomic E-state index is -0.264. The summed E-state index contributed by atoms with van der Waals surface area (Å²) >= 11 is 3.12. The predicted molar refractivity (Wildman–Crippen MR) is 123 cm³/mol. The van der Waals surface area contributed by atoms with Crippen molar-refractivity contribution >= 4 is 39.2 Å². The van der Waals surface area contributed by atoms with E-state index in [1.54, 1.807) is 23.5 Å². The second-order valence-electron chi connectivity index (χ2n) is 8.19. The quantitative estimate of drug-likeness (QED) is 0.608. The second-order valence-corrected chi connectivity index (χ2v) is 10.3. The monoisotopic (exact) mass is 457 g/mol. The molecule has 1 saturated heterocycles. The van der Waals surface area contributed by atoms with E-state index in [1.807, 2.05) is 4.90 Å². The molecule has 3 aromatic rings. The number of H-pyrrole nitrogens is 1. The Morgan fingerprint density at radius 2 is 2.03 bits per heavy atom. The fraction of sp³-hybridized carbons (Fsp3) is 0.435. The molecule has 5 nitrogen and oxygen atoms in total. The van der Waals surface area contributed by atoms with Crippen LogP contribution in [0.2, 0.25) is 0 Å². The summed E-state index contributed by atoms with van der Waals surface area (Å²) in [6.07, 6.45) is 6.17. The third-order valence-electron chi connectivity index (χ3n) is 6.17. The van der Waals surface area contributed by atoms with Crippen molar-refractivity contribution in [1.29, 1.82) is 0 Å². The SMILES string of the molecule is O=C(CSCc1nc2sc3c(c2c(=O)[nH]1)CCCC3)N1CCCC1c1ccc(F)cc1. The third kappa shape index (κ3) is 4.15. The van der Waals surface area contributed by atoms with E-state index in [0.717, 1.165) is 54.4 Å². The maximum absolute atomic E-state index is 13.2. The molecule has 162 valence electrons. The minimum Gasteiger partial charge on any atom is -0.335 e. The molecule has 1 N–H and O–H groups in total. The summed E-state index contributed by atoms with van der Waals surface area (Å²) in [6.45, 7) is 0.725. The molecule has 1 unspecified atom stereocenters. The molecule has 1 atom stereocenters. The number of thiophene rings is 1. The van der Waals surface area contributed by atoms with Gasteiger partial charge in [0.2, 0.25) is 5.91 Å². The number of carbonyl (C=O) groups is 1. The van der Waals surface area contributed by atoms with Gasteiger partial charge in [-0.2, -0.15) is 0 Å². The molecule has 1 aromatic carbocycles. The fourth-order valence-electron chi connectivity index (χ4n) is 4.69. The molecular formula is C23H24FN3O2S2. The largest absolute Gasteiger partial charge is 0.335 e. The molecule has 5 rings (SSSR count). The number of nitrogens with zero attached hydrogens (tertiary/aromatic N) is 2. The maximum Gasteiger partial charge on any atom is 0.259 e. The Morgan fingerprint density at radius 1 is 1.23 bits per heavy atom. The number of benzene rings is 1. The van der Waals surface area contributed by atoms with Crippen molar-refractivity contribution in [1.82, 2.24) is 14.9 Å². The Balaban J connectivity index is 1.24. The van der Waals surface area contributed by atoms with E-state index < -0.39 is 0 Å². The molecule has 2 aliphatic rings. The van der Waals surface area contributed by atoms with Crippen molar-refractivity contribution in [3.8, 4) is 0 Å². The molecule has 3 heterocycles. The highest BCUT2D eigenvalue weighted by molar-refractivity contribution is 7.99. The van der Waals surface area contributed by atoms with Crippen LogP contribution in [0.15, 0.2) is 29.1 Å². The molecule has 0 saturated carbocycles. The van der Waals surface area contributed by atoms with Crippen LogP contribution in [0.3, 0.4) is 0 Å². The molecule has 0 spiro atoms.